The van der Waals surface area contributed by atoms with Gasteiger partial charge in [0.25, 0.3) is 0 Å². The lowest BCUT2D eigenvalue weighted by molar-refractivity contribution is -0.117. The predicted octanol–water partition coefficient (Wildman–Crippen LogP) is 3.12. The maximum atomic E-state index is 11.9. The second-order valence-corrected chi connectivity index (χ2v) is 5.00. The Morgan fingerprint density at radius 3 is 2.84 bits per heavy atom. The molecular weight excluding hydrogens is 264 g/mol. The van der Waals surface area contributed by atoms with Crippen molar-refractivity contribution in [3.05, 3.63) is 22.7 Å². The van der Waals surface area contributed by atoms with Crippen LogP contribution >= 0.6 is 11.6 Å². The summed E-state index contributed by atoms with van der Waals surface area (Å²) >= 11 is 6.20. The Morgan fingerprint density at radius 1 is 1.37 bits per heavy atom. The molecule has 0 aromatic heterocycles. The Hall–Kier alpha value is -1.26. The number of benzene rings is 1. The van der Waals surface area contributed by atoms with Crippen LogP contribution in [-0.2, 0) is 4.79 Å². The van der Waals surface area contributed by atoms with Crippen LogP contribution in [0.3, 0.4) is 0 Å². The fraction of sp³-hybridized carbons (Fsp3) is 0.500. The third kappa shape index (κ3) is 3.01. The molecule has 1 atom stereocenters. The van der Waals surface area contributed by atoms with Crippen LogP contribution in [0, 0.1) is 0 Å². The number of carbonyl (C=O) groups is 1. The summed E-state index contributed by atoms with van der Waals surface area (Å²) in [5.41, 5.74) is 1.68. The minimum absolute atomic E-state index is 0.0350. The molecule has 0 saturated heterocycles. The summed E-state index contributed by atoms with van der Waals surface area (Å²) in [5.74, 6) is 0.589. The van der Waals surface area contributed by atoms with Crippen LogP contribution in [0.25, 0.3) is 0 Å². The van der Waals surface area contributed by atoms with Crippen molar-refractivity contribution in [3.63, 3.8) is 0 Å². The van der Waals surface area contributed by atoms with Gasteiger partial charge in [0.2, 0.25) is 5.91 Å². The van der Waals surface area contributed by atoms with Crippen LogP contribution in [0.5, 0.6) is 5.75 Å². The smallest absolute Gasteiger partial charge is 0.246 e. The molecule has 1 unspecified atom stereocenters. The van der Waals surface area contributed by atoms with Gasteiger partial charge in [0.1, 0.15) is 11.8 Å². The molecule has 0 aliphatic carbocycles. The van der Waals surface area contributed by atoms with Crippen molar-refractivity contribution >= 4 is 23.2 Å². The van der Waals surface area contributed by atoms with Crippen LogP contribution in [0.4, 0.5) is 5.69 Å². The first kappa shape index (κ1) is 14.2. The van der Waals surface area contributed by atoms with Crippen molar-refractivity contribution in [2.45, 2.75) is 32.7 Å². The summed E-state index contributed by atoms with van der Waals surface area (Å²) in [4.78, 5) is 11.9. The number of amides is 1. The number of halogens is 1. The van der Waals surface area contributed by atoms with E-state index in [2.05, 4.69) is 17.6 Å². The number of carbonyl (C=O) groups excluding carboxylic acids is 1. The van der Waals surface area contributed by atoms with Gasteiger partial charge >= 0.3 is 0 Å². The highest BCUT2D eigenvalue weighted by Gasteiger charge is 2.31. The molecule has 0 bridgehead atoms. The predicted molar refractivity (Wildman–Crippen MR) is 76.9 cm³/mol. The Kier molecular flexibility index (Phi) is 4.66. The number of hydrogen-bond donors (Lipinski definition) is 2. The van der Waals surface area contributed by atoms with Gasteiger partial charge in [0, 0.05) is 17.3 Å². The third-order valence-corrected chi connectivity index (χ3v) is 3.29. The molecule has 0 spiro atoms. The van der Waals surface area contributed by atoms with E-state index in [1.165, 1.54) is 0 Å². The van der Waals surface area contributed by atoms with Crippen molar-refractivity contribution in [3.8, 4) is 5.75 Å². The first-order chi connectivity index (χ1) is 9.17. The lowest BCUT2D eigenvalue weighted by Gasteiger charge is -2.12. The van der Waals surface area contributed by atoms with Crippen molar-refractivity contribution in [2.75, 3.05) is 18.5 Å². The zero-order valence-electron chi connectivity index (χ0n) is 11.3. The van der Waals surface area contributed by atoms with Gasteiger partial charge in [0.15, 0.2) is 0 Å². The van der Waals surface area contributed by atoms with E-state index in [9.17, 15) is 4.79 Å². The molecule has 5 heteroatoms. The zero-order valence-corrected chi connectivity index (χ0v) is 12.0. The van der Waals surface area contributed by atoms with Crippen molar-refractivity contribution in [1.29, 1.82) is 0 Å². The van der Waals surface area contributed by atoms with Crippen molar-refractivity contribution < 1.29 is 9.53 Å². The number of fused-ring (bicyclic) bond motifs is 1. The van der Waals surface area contributed by atoms with Gasteiger partial charge in [-0.15, -0.1) is 0 Å². The highest BCUT2D eigenvalue weighted by atomic mass is 35.5. The van der Waals surface area contributed by atoms with Crippen molar-refractivity contribution in [2.24, 2.45) is 0 Å². The SMILES string of the molecule is CCCNC1C(=O)Nc2cc(OCCC)c(Cl)cc21. The first-order valence-electron chi connectivity index (χ1n) is 6.67. The molecule has 2 N–H and O–H groups in total. The van der Waals surface area contributed by atoms with Gasteiger partial charge in [0.05, 0.1) is 11.6 Å². The summed E-state index contributed by atoms with van der Waals surface area (Å²) in [5, 5.41) is 6.62. The van der Waals surface area contributed by atoms with Crippen LogP contribution in [0.1, 0.15) is 38.3 Å². The van der Waals surface area contributed by atoms with E-state index < -0.39 is 0 Å². The largest absolute Gasteiger partial charge is 0.492 e. The second kappa shape index (κ2) is 6.26. The zero-order chi connectivity index (χ0) is 13.8. The molecule has 2 rings (SSSR count). The third-order valence-electron chi connectivity index (χ3n) is 3.00. The summed E-state index contributed by atoms with van der Waals surface area (Å²) in [6.45, 7) is 5.51. The monoisotopic (exact) mass is 282 g/mol. The Morgan fingerprint density at radius 2 is 2.16 bits per heavy atom. The average Bonchev–Trinajstić information content (AvgIpc) is 2.69. The van der Waals surface area contributed by atoms with Gasteiger partial charge in [-0.1, -0.05) is 25.4 Å². The Balaban J connectivity index is 2.23. The average molecular weight is 283 g/mol. The lowest BCUT2D eigenvalue weighted by Crippen LogP contribution is -2.27. The van der Waals surface area contributed by atoms with E-state index in [1.807, 2.05) is 13.0 Å². The van der Waals surface area contributed by atoms with Crippen LogP contribution in [0.2, 0.25) is 5.02 Å². The van der Waals surface area contributed by atoms with Gasteiger partial charge in [-0.05, 0) is 25.5 Å². The van der Waals surface area contributed by atoms with Gasteiger partial charge in [-0.25, -0.2) is 0 Å². The minimum atomic E-state index is -0.312. The van der Waals surface area contributed by atoms with Gasteiger partial charge in [-0.3, -0.25) is 4.79 Å². The molecule has 19 heavy (non-hydrogen) atoms. The molecule has 1 amide bonds. The number of anilines is 1. The molecular formula is C14H19ClN2O2. The number of rotatable bonds is 6. The molecule has 104 valence electrons. The van der Waals surface area contributed by atoms with E-state index in [0.29, 0.717) is 17.4 Å². The Labute approximate surface area is 118 Å². The van der Waals surface area contributed by atoms with E-state index >= 15 is 0 Å². The highest BCUT2D eigenvalue weighted by molar-refractivity contribution is 6.32. The topological polar surface area (TPSA) is 50.4 Å². The van der Waals surface area contributed by atoms with Gasteiger partial charge in [-0.2, -0.15) is 0 Å². The summed E-state index contributed by atoms with van der Waals surface area (Å²) in [7, 11) is 0. The normalized spacial score (nSPS) is 17.2. The molecule has 1 heterocycles. The number of ether oxygens (including phenoxy) is 1. The maximum absolute atomic E-state index is 11.9. The number of nitrogens with one attached hydrogen (secondary N) is 2. The molecule has 1 aromatic carbocycles. The van der Waals surface area contributed by atoms with Crippen LogP contribution < -0.4 is 15.4 Å². The molecule has 0 radical (unpaired) electrons. The fourth-order valence-corrected chi connectivity index (χ4v) is 2.30. The summed E-state index contributed by atoms with van der Waals surface area (Å²) in [6, 6.07) is 3.30. The van der Waals surface area contributed by atoms with Crippen molar-refractivity contribution in [1.82, 2.24) is 5.32 Å². The minimum Gasteiger partial charge on any atom is -0.492 e. The Bertz CT molecular complexity index is 477. The van der Waals surface area contributed by atoms with E-state index in [0.717, 1.165) is 30.6 Å². The second-order valence-electron chi connectivity index (χ2n) is 4.59. The molecule has 1 aromatic rings. The van der Waals surface area contributed by atoms with E-state index in [1.54, 1.807) is 6.07 Å². The number of hydrogen-bond acceptors (Lipinski definition) is 3. The van der Waals surface area contributed by atoms with E-state index in [-0.39, 0.29) is 11.9 Å². The standard InChI is InChI=1S/C14H19ClN2O2/c1-3-5-16-13-9-7-10(15)12(19-6-4-2)8-11(9)17-14(13)18/h7-8,13,16H,3-6H2,1-2H3,(H,17,18). The van der Waals surface area contributed by atoms with Crippen LogP contribution in [0.15, 0.2) is 12.1 Å². The highest BCUT2D eigenvalue weighted by Crippen LogP contribution is 2.38. The van der Waals surface area contributed by atoms with Gasteiger partial charge < -0.3 is 15.4 Å². The fourth-order valence-electron chi connectivity index (χ4n) is 2.08. The lowest BCUT2D eigenvalue weighted by atomic mass is 10.1. The first-order valence-corrected chi connectivity index (χ1v) is 7.05. The summed E-state index contributed by atoms with van der Waals surface area (Å²) < 4.78 is 5.56. The molecule has 1 aliphatic rings. The van der Waals surface area contributed by atoms with E-state index in [4.69, 9.17) is 16.3 Å². The molecule has 0 fully saturated rings. The quantitative estimate of drug-likeness (QED) is 0.843. The molecule has 0 saturated carbocycles. The molecule has 1 aliphatic heterocycles. The maximum Gasteiger partial charge on any atom is 0.246 e. The summed E-state index contributed by atoms with van der Waals surface area (Å²) in [6.07, 6.45) is 1.89. The van der Waals surface area contributed by atoms with Crippen LogP contribution in [-0.4, -0.2) is 19.1 Å². The molecule has 4 nitrogen and oxygen atoms in total.